The number of anilines is 1. The molecule has 0 amide bonds. The first kappa shape index (κ1) is 23.2. The Bertz CT molecular complexity index is 1000. The maximum atomic E-state index is 12.3. The molecule has 0 spiro atoms. The van der Waals surface area contributed by atoms with Crippen LogP contribution >= 0.6 is 0 Å². The van der Waals surface area contributed by atoms with E-state index in [9.17, 15) is 16.8 Å². The summed E-state index contributed by atoms with van der Waals surface area (Å²) in [5.41, 5.74) is 0.224. The lowest BCUT2D eigenvalue weighted by Gasteiger charge is -2.36. The average Bonchev–Trinajstić information content (AvgIpc) is 2.64. The smallest absolute Gasteiger partial charge is 0.354 e. The fourth-order valence-electron chi connectivity index (χ4n) is 3.26. The summed E-state index contributed by atoms with van der Waals surface area (Å²) in [5, 5.41) is 26.8. The fraction of sp³-hybridized carbons (Fsp3) is 0.533. The Kier molecular flexibility index (Phi) is 7.29. The standard InChI is InChI=1S/C15H25N7O5S2/c1-28(24,25)12-4-3-11(22-8-6-21(7-9-22)5-2-10-23)13(15(16)19-20-17)14(12)29(18,26)27/h3-4,23H,2,5-10H2,1H3,(H3,16,17,19)(H2,18,26,27)/p+1. The molecule has 162 valence electrons. The average molecular weight is 449 g/mol. The molecule has 0 unspecified atom stereocenters. The van der Waals surface area contributed by atoms with E-state index in [1.807, 2.05) is 4.90 Å². The van der Waals surface area contributed by atoms with Crippen molar-refractivity contribution in [3.8, 4) is 0 Å². The van der Waals surface area contributed by atoms with E-state index in [4.69, 9.17) is 21.5 Å². The number of aliphatic hydroxyl groups excluding tert-OH is 1. The molecule has 12 nitrogen and oxygen atoms in total. The molecule has 1 aliphatic rings. The molecular weight excluding hydrogens is 422 g/mol. The SMILES string of the molecule is CS(=O)(=O)c1ccc(N2CCN(CCCO)CC2)c(C(=[NH2+])N=NN)c1S(N)(=O)=O. The van der Waals surface area contributed by atoms with Crippen molar-refractivity contribution in [1.82, 2.24) is 4.90 Å². The van der Waals surface area contributed by atoms with Crippen LogP contribution in [0.15, 0.2) is 32.3 Å². The second-order valence-corrected chi connectivity index (χ2v) is 10.1. The van der Waals surface area contributed by atoms with Gasteiger partial charge in [0.25, 0.3) is 0 Å². The van der Waals surface area contributed by atoms with Gasteiger partial charge in [-0.3, -0.25) is 16.2 Å². The number of primary sulfonamides is 1. The summed E-state index contributed by atoms with van der Waals surface area (Å²) in [6.45, 7) is 3.21. The third kappa shape index (κ3) is 5.48. The van der Waals surface area contributed by atoms with E-state index in [1.54, 1.807) is 0 Å². The molecular formula is C15H26N7O5S2+. The molecule has 0 aliphatic carbocycles. The molecule has 14 heteroatoms. The first-order valence-electron chi connectivity index (χ1n) is 8.72. The minimum atomic E-state index is -4.48. The lowest BCUT2D eigenvalue weighted by molar-refractivity contribution is -0.114. The number of piperazine rings is 1. The molecule has 2 rings (SSSR count). The lowest BCUT2D eigenvalue weighted by Crippen LogP contribution is -2.48. The van der Waals surface area contributed by atoms with Crippen LogP contribution in [-0.4, -0.2) is 78.3 Å². The van der Waals surface area contributed by atoms with Gasteiger partial charge in [0, 0.05) is 50.8 Å². The van der Waals surface area contributed by atoms with Gasteiger partial charge in [0.1, 0.15) is 10.5 Å². The Morgan fingerprint density at radius 3 is 2.31 bits per heavy atom. The van der Waals surface area contributed by atoms with Gasteiger partial charge in [0.05, 0.1) is 15.7 Å². The van der Waals surface area contributed by atoms with Crippen molar-refractivity contribution in [1.29, 1.82) is 0 Å². The van der Waals surface area contributed by atoms with Crippen LogP contribution < -0.4 is 21.3 Å². The number of sulfonamides is 1. The van der Waals surface area contributed by atoms with E-state index in [0.717, 1.165) is 12.8 Å². The van der Waals surface area contributed by atoms with E-state index < -0.39 is 29.7 Å². The van der Waals surface area contributed by atoms with Crippen LogP contribution in [0.2, 0.25) is 0 Å². The topological polar surface area (TPSA) is 197 Å². The van der Waals surface area contributed by atoms with Crippen LogP contribution in [0.3, 0.4) is 0 Å². The summed E-state index contributed by atoms with van der Waals surface area (Å²) in [6.07, 6.45) is 1.53. The Hall–Kier alpha value is -2.13. The molecule has 0 bridgehead atoms. The number of aliphatic hydroxyl groups is 1. The van der Waals surface area contributed by atoms with Crippen LogP contribution in [0.4, 0.5) is 5.69 Å². The maximum absolute atomic E-state index is 12.3. The minimum Gasteiger partial charge on any atom is -0.396 e. The number of nitrogens with zero attached hydrogens (tertiary/aromatic N) is 4. The molecule has 0 radical (unpaired) electrons. The minimum absolute atomic E-state index is 0.102. The molecule has 7 N–H and O–H groups in total. The van der Waals surface area contributed by atoms with Crippen molar-refractivity contribution < 1.29 is 27.4 Å². The van der Waals surface area contributed by atoms with Crippen LogP contribution in [0, 0.1) is 0 Å². The van der Waals surface area contributed by atoms with Gasteiger partial charge >= 0.3 is 5.84 Å². The van der Waals surface area contributed by atoms with E-state index in [2.05, 4.69) is 15.2 Å². The zero-order valence-electron chi connectivity index (χ0n) is 16.0. The molecule has 1 aromatic carbocycles. The zero-order chi connectivity index (χ0) is 21.8. The molecule has 1 aliphatic heterocycles. The van der Waals surface area contributed by atoms with Gasteiger partial charge < -0.3 is 10.0 Å². The zero-order valence-corrected chi connectivity index (χ0v) is 17.7. The first-order chi connectivity index (χ1) is 13.5. The molecule has 1 fully saturated rings. The Morgan fingerprint density at radius 1 is 1.21 bits per heavy atom. The molecule has 0 aromatic heterocycles. The fourth-order valence-corrected chi connectivity index (χ4v) is 5.66. The normalized spacial score (nSPS) is 16.4. The highest BCUT2D eigenvalue weighted by molar-refractivity contribution is 7.93. The Balaban J connectivity index is 2.61. The number of benzene rings is 1. The monoisotopic (exact) mass is 448 g/mol. The molecule has 1 saturated heterocycles. The predicted molar refractivity (Wildman–Crippen MR) is 106 cm³/mol. The third-order valence-corrected chi connectivity index (χ3v) is 6.81. The number of hydrogen-bond acceptors (Lipinski definition) is 8. The van der Waals surface area contributed by atoms with Crippen molar-refractivity contribution >= 4 is 31.4 Å². The second kappa shape index (κ2) is 9.13. The van der Waals surface area contributed by atoms with Gasteiger partial charge in [-0.15, -0.1) is 0 Å². The highest BCUT2D eigenvalue weighted by Crippen LogP contribution is 2.33. The van der Waals surface area contributed by atoms with E-state index in [0.29, 0.717) is 38.3 Å². The summed E-state index contributed by atoms with van der Waals surface area (Å²) in [5.74, 6) is 4.70. The summed E-state index contributed by atoms with van der Waals surface area (Å²) >= 11 is 0. The highest BCUT2D eigenvalue weighted by Gasteiger charge is 2.34. The number of rotatable bonds is 7. The van der Waals surface area contributed by atoms with Gasteiger partial charge in [0.15, 0.2) is 9.84 Å². The van der Waals surface area contributed by atoms with Crippen molar-refractivity contribution in [3.63, 3.8) is 0 Å². The summed E-state index contributed by atoms with van der Waals surface area (Å²) in [7, 11) is -8.42. The van der Waals surface area contributed by atoms with Crippen LogP contribution in [0.1, 0.15) is 12.0 Å². The Morgan fingerprint density at radius 2 is 1.83 bits per heavy atom. The van der Waals surface area contributed by atoms with E-state index in [1.165, 1.54) is 12.1 Å². The van der Waals surface area contributed by atoms with Crippen molar-refractivity contribution in [2.45, 2.75) is 16.2 Å². The lowest BCUT2D eigenvalue weighted by atomic mass is 10.1. The van der Waals surface area contributed by atoms with Gasteiger partial charge in [-0.05, 0) is 18.6 Å². The first-order valence-corrected chi connectivity index (χ1v) is 12.2. The molecule has 29 heavy (non-hydrogen) atoms. The van der Waals surface area contributed by atoms with Gasteiger partial charge in [0.2, 0.25) is 10.0 Å². The van der Waals surface area contributed by atoms with Gasteiger partial charge in [-0.1, -0.05) is 0 Å². The molecule has 0 atom stereocenters. The number of nitrogens with two attached hydrogens (primary N) is 3. The third-order valence-electron chi connectivity index (χ3n) is 4.55. The van der Waals surface area contributed by atoms with E-state index in [-0.39, 0.29) is 18.0 Å². The summed E-state index contributed by atoms with van der Waals surface area (Å²) in [6, 6.07) is 2.67. The van der Waals surface area contributed by atoms with Gasteiger partial charge in [-0.2, -0.15) is 0 Å². The largest absolute Gasteiger partial charge is 0.396 e. The highest BCUT2D eigenvalue weighted by atomic mass is 32.2. The summed E-state index contributed by atoms with van der Waals surface area (Å²) < 4.78 is 49.0. The van der Waals surface area contributed by atoms with Crippen LogP contribution in [-0.2, 0) is 19.9 Å². The van der Waals surface area contributed by atoms with E-state index >= 15 is 0 Å². The van der Waals surface area contributed by atoms with Gasteiger partial charge in [-0.25, -0.2) is 22.0 Å². The van der Waals surface area contributed by atoms with Crippen molar-refractivity contribution in [2.24, 2.45) is 21.3 Å². The molecule has 0 saturated carbocycles. The molecule has 1 heterocycles. The number of amidine groups is 1. The quantitative estimate of drug-likeness (QED) is 0.112. The summed E-state index contributed by atoms with van der Waals surface area (Å²) in [4.78, 5) is 2.91. The van der Waals surface area contributed by atoms with Crippen molar-refractivity contribution in [3.05, 3.63) is 17.7 Å². The second-order valence-electron chi connectivity index (χ2n) is 6.61. The number of hydrogen-bond donors (Lipinski definition) is 4. The predicted octanol–water partition coefficient (Wildman–Crippen LogP) is -2.93. The van der Waals surface area contributed by atoms with Crippen LogP contribution in [0.25, 0.3) is 0 Å². The molecule has 1 aromatic rings. The number of sulfone groups is 1. The van der Waals surface area contributed by atoms with Crippen LogP contribution in [0.5, 0.6) is 0 Å². The van der Waals surface area contributed by atoms with Crippen molar-refractivity contribution in [2.75, 3.05) is 50.5 Å². The maximum Gasteiger partial charge on any atom is 0.354 e. The Labute approximate surface area is 169 Å².